The van der Waals surface area contributed by atoms with Crippen LogP contribution >= 0.6 is 0 Å². The zero-order valence-corrected chi connectivity index (χ0v) is 16.2. The van der Waals surface area contributed by atoms with Crippen molar-refractivity contribution in [1.82, 2.24) is 0 Å². The van der Waals surface area contributed by atoms with Gasteiger partial charge in [-0.2, -0.15) is 0 Å². The Bertz CT molecular complexity index is 394. The highest BCUT2D eigenvalue weighted by molar-refractivity contribution is 5.77. The van der Waals surface area contributed by atoms with Crippen LogP contribution in [0.15, 0.2) is 0 Å². The molecular formula is C20H36O4. The van der Waals surface area contributed by atoms with Crippen molar-refractivity contribution in [2.24, 2.45) is 23.2 Å². The van der Waals surface area contributed by atoms with E-state index in [1.165, 1.54) is 25.7 Å². The second-order valence-corrected chi connectivity index (χ2v) is 8.63. The van der Waals surface area contributed by atoms with Crippen LogP contribution in [-0.2, 0) is 19.1 Å². The second kappa shape index (κ2) is 10.0. The third-order valence-corrected chi connectivity index (χ3v) is 4.81. The van der Waals surface area contributed by atoms with E-state index in [0.29, 0.717) is 25.0 Å². The van der Waals surface area contributed by atoms with Crippen molar-refractivity contribution in [3.05, 3.63) is 0 Å². The van der Waals surface area contributed by atoms with E-state index in [9.17, 15) is 9.59 Å². The molecule has 24 heavy (non-hydrogen) atoms. The molecule has 0 N–H and O–H groups in total. The molecule has 0 aliphatic heterocycles. The predicted molar refractivity (Wildman–Crippen MR) is 95.5 cm³/mol. The molecule has 0 heterocycles. The summed E-state index contributed by atoms with van der Waals surface area (Å²) in [6.07, 6.45) is 6.68. The van der Waals surface area contributed by atoms with Crippen molar-refractivity contribution < 1.29 is 19.1 Å². The molecule has 1 fully saturated rings. The van der Waals surface area contributed by atoms with E-state index in [2.05, 4.69) is 20.8 Å². The average molecular weight is 341 g/mol. The van der Waals surface area contributed by atoms with Crippen LogP contribution in [0.1, 0.15) is 79.6 Å². The van der Waals surface area contributed by atoms with Crippen molar-refractivity contribution in [2.75, 3.05) is 13.2 Å². The van der Waals surface area contributed by atoms with Crippen LogP contribution in [0.25, 0.3) is 0 Å². The maximum absolute atomic E-state index is 11.8. The molecule has 0 aromatic rings. The summed E-state index contributed by atoms with van der Waals surface area (Å²) in [5, 5.41) is 0. The summed E-state index contributed by atoms with van der Waals surface area (Å²) in [5.41, 5.74) is -0.0180. The Morgan fingerprint density at radius 3 is 2.08 bits per heavy atom. The maximum atomic E-state index is 11.8. The summed E-state index contributed by atoms with van der Waals surface area (Å²) >= 11 is 0. The molecule has 4 nitrogen and oxygen atoms in total. The molecule has 4 heteroatoms. The Labute approximate surface area is 147 Å². The van der Waals surface area contributed by atoms with E-state index >= 15 is 0 Å². The van der Waals surface area contributed by atoms with Gasteiger partial charge < -0.3 is 9.47 Å². The molecule has 1 rings (SSSR count). The standard InChI is InChI=1S/C20H36O4/c1-15(2)13-23-18(21)10-11-19(22)24-14-20(4,5)12-16(3)17-8-6-7-9-17/h15-17H,6-14H2,1-5H3. The summed E-state index contributed by atoms with van der Waals surface area (Å²) in [5.74, 6) is 1.18. The zero-order chi connectivity index (χ0) is 18.2. The van der Waals surface area contributed by atoms with Gasteiger partial charge in [-0.25, -0.2) is 0 Å². The summed E-state index contributed by atoms with van der Waals surface area (Å²) in [7, 11) is 0. The first kappa shape index (κ1) is 21.0. The third kappa shape index (κ3) is 8.70. The van der Waals surface area contributed by atoms with Gasteiger partial charge in [0.1, 0.15) is 0 Å². The lowest BCUT2D eigenvalue weighted by Gasteiger charge is -2.30. The number of carbonyl (C=O) groups is 2. The van der Waals surface area contributed by atoms with Crippen LogP contribution in [0.4, 0.5) is 0 Å². The monoisotopic (exact) mass is 340 g/mol. The fourth-order valence-corrected chi connectivity index (χ4v) is 3.51. The topological polar surface area (TPSA) is 52.6 Å². The quantitative estimate of drug-likeness (QED) is 0.538. The molecule has 1 aliphatic carbocycles. The van der Waals surface area contributed by atoms with E-state index in [1.807, 2.05) is 13.8 Å². The fraction of sp³-hybridized carbons (Fsp3) is 0.900. The molecular weight excluding hydrogens is 304 g/mol. The average Bonchev–Trinajstić information content (AvgIpc) is 3.03. The molecule has 0 radical (unpaired) electrons. The lowest BCUT2D eigenvalue weighted by atomic mass is 9.78. The van der Waals surface area contributed by atoms with Crippen LogP contribution in [-0.4, -0.2) is 25.2 Å². The molecule has 1 saturated carbocycles. The molecule has 0 spiro atoms. The summed E-state index contributed by atoms with van der Waals surface area (Å²) in [6, 6.07) is 0. The van der Waals surface area contributed by atoms with E-state index in [4.69, 9.17) is 9.47 Å². The second-order valence-electron chi connectivity index (χ2n) is 8.63. The lowest BCUT2D eigenvalue weighted by Crippen LogP contribution is -2.26. The van der Waals surface area contributed by atoms with Crippen molar-refractivity contribution in [1.29, 1.82) is 0 Å². The first-order valence-electron chi connectivity index (χ1n) is 9.51. The molecule has 1 aliphatic rings. The molecule has 140 valence electrons. The number of carbonyl (C=O) groups excluding carboxylic acids is 2. The summed E-state index contributed by atoms with van der Waals surface area (Å²) in [4.78, 5) is 23.4. The highest BCUT2D eigenvalue weighted by Gasteiger charge is 2.29. The fourth-order valence-electron chi connectivity index (χ4n) is 3.51. The Morgan fingerprint density at radius 2 is 1.54 bits per heavy atom. The van der Waals surface area contributed by atoms with Gasteiger partial charge >= 0.3 is 11.9 Å². The molecule has 0 saturated heterocycles. The molecule has 0 aromatic heterocycles. The van der Waals surface area contributed by atoms with E-state index in [0.717, 1.165) is 12.3 Å². The van der Waals surface area contributed by atoms with Crippen LogP contribution in [0.2, 0.25) is 0 Å². The molecule has 0 amide bonds. The summed E-state index contributed by atoms with van der Waals surface area (Å²) in [6.45, 7) is 11.4. The molecule has 1 unspecified atom stereocenters. The minimum absolute atomic E-state index is 0.0180. The molecule has 1 atom stereocenters. The largest absolute Gasteiger partial charge is 0.465 e. The zero-order valence-electron chi connectivity index (χ0n) is 16.2. The minimum Gasteiger partial charge on any atom is -0.465 e. The number of hydrogen-bond acceptors (Lipinski definition) is 4. The SMILES string of the molecule is CC(C)COC(=O)CCC(=O)OCC(C)(C)CC(C)C1CCCC1. The van der Waals surface area contributed by atoms with Crippen LogP contribution in [0.5, 0.6) is 0 Å². The smallest absolute Gasteiger partial charge is 0.306 e. The Morgan fingerprint density at radius 1 is 1.00 bits per heavy atom. The van der Waals surface area contributed by atoms with Crippen molar-refractivity contribution in [2.45, 2.75) is 79.6 Å². The van der Waals surface area contributed by atoms with Gasteiger partial charge in [-0.3, -0.25) is 9.59 Å². The maximum Gasteiger partial charge on any atom is 0.306 e. The van der Waals surface area contributed by atoms with E-state index < -0.39 is 0 Å². The number of ether oxygens (including phenoxy) is 2. The van der Waals surface area contributed by atoms with Crippen LogP contribution in [0.3, 0.4) is 0 Å². The van der Waals surface area contributed by atoms with Gasteiger partial charge in [-0.15, -0.1) is 0 Å². The van der Waals surface area contributed by atoms with Crippen molar-refractivity contribution in [3.63, 3.8) is 0 Å². The van der Waals surface area contributed by atoms with Gasteiger partial charge in [0.05, 0.1) is 26.1 Å². The summed E-state index contributed by atoms with van der Waals surface area (Å²) < 4.78 is 10.5. The number of hydrogen-bond donors (Lipinski definition) is 0. The van der Waals surface area contributed by atoms with Gasteiger partial charge in [0, 0.05) is 0 Å². The number of esters is 2. The predicted octanol–water partition coefficient (Wildman–Crippen LogP) is 4.75. The highest BCUT2D eigenvalue weighted by Crippen LogP contribution is 2.37. The van der Waals surface area contributed by atoms with E-state index in [-0.39, 0.29) is 30.2 Å². The normalized spacial score (nSPS) is 17.1. The van der Waals surface area contributed by atoms with Crippen molar-refractivity contribution in [3.8, 4) is 0 Å². The number of rotatable bonds is 10. The minimum atomic E-state index is -0.324. The van der Waals surface area contributed by atoms with Gasteiger partial charge in [-0.05, 0) is 29.6 Å². The van der Waals surface area contributed by atoms with Gasteiger partial charge in [0.2, 0.25) is 0 Å². The Kier molecular flexibility index (Phi) is 8.79. The van der Waals surface area contributed by atoms with Gasteiger partial charge in [0.25, 0.3) is 0 Å². The Hall–Kier alpha value is -1.06. The first-order chi connectivity index (χ1) is 11.2. The Balaban J connectivity index is 2.22. The van der Waals surface area contributed by atoms with Gasteiger partial charge in [0.15, 0.2) is 0 Å². The lowest BCUT2D eigenvalue weighted by molar-refractivity contribution is -0.152. The van der Waals surface area contributed by atoms with Crippen LogP contribution < -0.4 is 0 Å². The van der Waals surface area contributed by atoms with Gasteiger partial charge in [-0.1, -0.05) is 60.3 Å². The first-order valence-corrected chi connectivity index (χ1v) is 9.51. The third-order valence-electron chi connectivity index (χ3n) is 4.81. The molecule has 0 aromatic carbocycles. The highest BCUT2D eigenvalue weighted by atomic mass is 16.5. The molecule has 0 bridgehead atoms. The van der Waals surface area contributed by atoms with E-state index in [1.54, 1.807) is 0 Å². The van der Waals surface area contributed by atoms with Crippen molar-refractivity contribution >= 4 is 11.9 Å². The van der Waals surface area contributed by atoms with Crippen LogP contribution in [0, 0.1) is 23.2 Å².